The van der Waals surface area contributed by atoms with Gasteiger partial charge in [0.15, 0.2) is 23.0 Å². The fraction of sp³-hybridized carbons (Fsp3) is 0.426. The minimum atomic E-state index is -0.641. The largest absolute Gasteiger partial charge is 0.493 e. The molecule has 3 aromatic carbocycles. The highest BCUT2D eigenvalue weighted by Gasteiger charge is 2.36. The molecule has 0 radical (unpaired) electrons. The van der Waals surface area contributed by atoms with Gasteiger partial charge in [-0.2, -0.15) is 0 Å². The number of amides is 2. The zero-order valence-electron chi connectivity index (χ0n) is 35.8. The Hall–Kier alpha value is -5.95. The summed E-state index contributed by atoms with van der Waals surface area (Å²) in [6.45, 7) is 11.4. The SMILES string of the molecule is C/C=C1/C[C@H]2C=Nc3cc(OCc4cc(COc5cc6c(cc5OC)C(=O)N5C/C(=C/C)C[C@H]5C=N6)cc(CC(CNC)C(=O)OC(C)(C)C)c4)c(OC)cc3C(=O)N2C1. The van der Waals surface area contributed by atoms with Crippen LogP contribution in [0.3, 0.4) is 0 Å². The number of hydrogen-bond acceptors (Lipinski definition) is 11. The molecule has 1 unspecified atom stereocenters. The van der Waals surface area contributed by atoms with Gasteiger partial charge < -0.3 is 38.8 Å². The number of esters is 1. The first-order chi connectivity index (χ1) is 28.8. The lowest BCUT2D eigenvalue weighted by atomic mass is 9.95. The van der Waals surface area contributed by atoms with Gasteiger partial charge in [-0.3, -0.25) is 24.4 Å². The molecule has 316 valence electrons. The highest BCUT2D eigenvalue weighted by molar-refractivity contribution is 6.04. The number of allylic oxidation sites excluding steroid dienone is 2. The number of fused-ring (bicyclic) bond motifs is 4. The van der Waals surface area contributed by atoms with Crippen molar-refractivity contribution in [3.05, 3.63) is 93.6 Å². The molecule has 0 saturated carbocycles. The summed E-state index contributed by atoms with van der Waals surface area (Å²) in [5.41, 5.74) is 6.25. The van der Waals surface area contributed by atoms with Gasteiger partial charge in [-0.05, 0) is 95.8 Å². The number of benzene rings is 3. The molecule has 3 atom stereocenters. The van der Waals surface area contributed by atoms with E-state index in [1.54, 1.807) is 38.5 Å². The molecule has 0 aromatic heterocycles. The van der Waals surface area contributed by atoms with Crippen molar-refractivity contribution in [2.75, 3.05) is 40.9 Å². The molecule has 2 saturated heterocycles. The summed E-state index contributed by atoms with van der Waals surface area (Å²) < 4.78 is 30.2. The van der Waals surface area contributed by atoms with Crippen LogP contribution in [0.25, 0.3) is 0 Å². The van der Waals surface area contributed by atoms with Crippen molar-refractivity contribution in [2.24, 2.45) is 15.9 Å². The standard InChI is InChI=1S/C47H55N5O8/c1-9-28-15-34-22-49-38-19-42(40(56-7)17-36(38)44(53)51(34)24-28)58-26-31-11-30(14-33(21-48-6)46(55)60-47(3,4)5)12-32(13-31)27-59-43-20-39-37(18-41(43)57-8)45(54)52-25-29(10-2)16-35(52)23-50-39/h9-13,17-20,22-23,33-35,48H,14-16,21,24-27H2,1-8H3/b28-9-,29-10+/t33?,34-,35-/m0/s1. The number of carbonyl (C=O) groups is 3. The fourth-order valence-electron chi connectivity index (χ4n) is 8.13. The minimum absolute atomic E-state index is 0.0968. The van der Waals surface area contributed by atoms with Crippen LogP contribution in [0, 0.1) is 5.92 Å². The van der Waals surface area contributed by atoms with Gasteiger partial charge in [-0.15, -0.1) is 0 Å². The van der Waals surface area contributed by atoms with Crippen LogP contribution in [-0.2, 0) is 29.2 Å². The zero-order chi connectivity index (χ0) is 42.7. The van der Waals surface area contributed by atoms with E-state index >= 15 is 0 Å². The lowest BCUT2D eigenvalue weighted by Gasteiger charge is -2.24. The van der Waals surface area contributed by atoms with E-state index in [1.807, 2.05) is 82.1 Å². The number of aliphatic imine (C=N–C) groups is 2. The topological polar surface area (TPSA) is 141 Å². The van der Waals surface area contributed by atoms with Crippen molar-refractivity contribution in [2.45, 2.75) is 84.8 Å². The van der Waals surface area contributed by atoms with E-state index in [1.165, 1.54) is 11.1 Å². The zero-order valence-corrected chi connectivity index (χ0v) is 35.8. The Bertz CT molecular complexity index is 2150. The molecule has 4 aliphatic heterocycles. The monoisotopic (exact) mass is 817 g/mol. The summed E-state index contributed by atoms with van der Waals surface area (Å²) in [7, 11) is 4.90. The highest BCUT2D eigenvalue weighted by atomic mass is 16.6. The normalized spacial score (nSPS) is 20.0. The van der Waals surface area contributed by atoms with Gasteiger partial charge in [0.25, 0.3) is 11.8 Å². The second-order valence-corrected chi connectivity index (χ2v) is 16.6. The predicted molar refractivity (Wildman–Crippen MR) is 231 cm³/mol. The molecular formula is C47H55N5O8. The van der Waals surface area contributed by atoms with Crippen molar-refractivity contribution in [1.82, 2.24) is 15.1 Å². The minimum Gasteiger partial charge on any atom is -0.493 e. The van der Waals surface area contributed by atoms with Crippen LogP contribution in [-0.4, -0.2) is 98.6 Å². The molecule has 2 fully saturated rings. The number of carbonyl (C=O) groups excluding carboxylic acids is 3. The van der Waals surface area contributed by atoms with E-state index in [0.717, 1.165) is 29.5 Å². The summed E-state index contributed by atoms with van der Waals surface area (Å²) in [4.78, 5) is 53.9. The molecule has 2 amide bonds. The molecule has 0 aliphatic carbocycles. The van der Waals surface area contributed by atoms with E-state index in [-0.39, 0.29) is 43.1 Å². The molecule has 4 aliphatic rings. The average molecular weight is 818 g/mol. The van der Waals surface area contributed by atoms with Gasteiger partial charge in [0, 0.05) is 44.2 Å². The summed E-state index contributed by atoms with van der Waals surface area (Å²) in [5, 5.41) is 3.14. The number of rotatable bonds is 13. The first kappa shape index (κ1) is 42.2. The van der Waals surface area contributed by atoms with Crippen LogP contribution in [0.1, 0.15) is 84.9 Å². The number of hydrogen-bond donors (Lipinski definition) is 1. The maximum atomic E-state index is 13.7. The van der Waals surface area contributed by atoms with E-state index in [2.05, 4.69) is 17.5 Å². The molecule has 0 bridgehead atoms. The molecular weight excluding hydrogens is 763 g/mol. The number of nitrogens with zero attached hydrogens (tertiary/aromatic N) is 4. The van der Waals surface area contributed by atoms with Gasteiger partial charge in [-0.25, -0.2) is 0 Å². The van der Waals surface area contributed by atoms with Crippen LogP contribution in [0.2, 0.25) is 0 Å². The number of methoxy groups -OCH3 is 2. The van der Waals surface area contributed by atoms with Gasteiger partial charge >= 0.3 is 5.97 Å². The first-order valence-corrected chi connectivity index (χ1v) is 20.5. The molecule has 60 heavy (non-hydrogen) atoms. The van der Waals surface area contributed by atoms with E-state index in [0.29, 0.717) is 71.6 Å². The smallest absolute Gasteiger partial charge is 0.311 e. The first-order valence-electron chi connectivity index (χ1n) is 20.5. The fourth-order valence-corrected chi connectivity index (χ4v) is 8.13. The van der Waals surface area contributed by atoms with Crippen LogP contribution in [0.4, 0.5) is 11.4 Å². The molecule has 1 N–H and O–H groups in total. The third-order valence-electron chi connectivity index (χ3n) is 11.2. The van der Waals surface area contributed by atoms with E-state index < -0.39 is 11.5 Å². The second kappa shape index (κ2) is 17.7. The maximum absolute atomic E-state index is 13.7. The van der Waals surface area contributed by atoms with Crippen LogP contribution >= 0.6 is 0 Å². The summed E-state index contributed by atoms with van der Waals surface area (Å²) >= 11 is 0. The van der Waals surface area contributed by atoms with Crippen molar-refractivity contribution in [1.29, 1.82) is 0 Å². The lowest BCUT2D eigenvalue weighted by Crippen LogP contribution is -2.35. The summed E-state index contributed by atoms with van der Waals surface area (Å²) in [6, 6.07) is 12.7. The Morgan fingerprint density at radius 3 is 1.63 bits per heavy atom. The molecule has 3 aromatic rings. The Morgan fingerprint density at radius 2 is 1.22 bits per heavy atom. The molecule has 13 nitrogen and oxygen atoms in total. The third kappa shape index (κ3) is 9.11. The Kier molecular flexibility index (Phi) is 12.5. The van der Waals surface area contributed by atoms with E-state index in [4.69, 9.17) is 33.7 Å². The quantitative estimate of drug-likeness (QED) is 0.139. The van der Waals surface area contributed by atoms with Crippen molar-refractivity contribution >= 4 is 41.6 Å². The lowest BCUT2D eigenvalue weighted by molar-refractivity contribution is -0.159. The Morgan fingerprint density at radius 1 is 0.750 bits per heavy atom. The number of ether oxygens (including phenoxy) is 5. The molecule has 13 heteroatoms. The molecule has 7 rings (SSSR count). The third-order valence-corrected chi connectivity index (χ3v) is 11.2. The van der Waals surface area contributed by atoms with Crippen molar-refractivity contribution in [3.63, 3.8) is 0 Å². The number of nitrogens with one attached hydrogen (secondary N) is 1. The second-order valence-electron chi connectivity index (χ2n) is 16.6. The van der Waals surface area contributed by atoms with E-state index in [9.17, 15) is 14.4 Å². The Balaban J connectivity index is 1.17. The van der Waals surface area contributed by atoms with Gasteiger partial charge in [-0.1, -0.05) is 35.4 Å². The van der Waals surface area contributed by atoms with Gasteiger partial charge in [0.1, 0.15) is 18.8 Å². The highest BCUT2D eigenvalue weighted by Crippen LogP contribution is 2.41. The van der Waals surface area contributed by atoms with Gasteiger partial charge in [0.2, 0.25) is 0 Å². The Labute approximate surface area is 352 Å². The maximum Gasteiger partial charge on any atom is 0.311 e. The summed E-state index contributed by atoms with van der Waals surface area (Å²) in [5.74, 6) is 0.761. The van der Waals surface area contributed by atoms with Crippen molar-refractivity contribution in [3.8, 4) is 23.0 Å². The van der Waals surface area contributed by atoms with Crippen LogP contribution < -0.4 is 24.3 Å². The molecule has 4 heterocycles. The van der Waals surface area contributed by atoms with Crippen LogP contribution in [0.15, 0.2) is 75.7 Å². The van der Waals surface area contributed by atoms with Gasteiger partial charge in [0.05, 0.1) is 54.7 Å². The molecule has 0 spiro atoms. The average Bonchev–Trinajstić information content (AvgIpc) is 3.80. The summed E-state index contributed by atoms with van der Waals surface area (Å²) in [6.07, 6.45) is 9.71. The van der Waals surface area contributed by atoms with Crippen molar-refractivity contribution < 1.29 is 38.1 Å². The predicted octanol–water partition coefficient (Wildman–Crippen LogP) is 7.34. The van der Waals surface area contributed by atoms with Crippen LogP contribution in [0.5, 0.6) is 23.0 Å².